The van der Waals surface area contributed by atoms with Gasteiger partial charge in [-0.2, -0.15) is 5.10 Å². The van der Waals surface area contributed by atoms with E-state index < -0.39 is 6.04 Å². The third kappa shape index (κ3) is 3.50. The van der Waals surface area contributed by atoms with Gasteiger partial charge in [0.1, 0.15) is 11.1 Å². The molecule has 0 bridgehead atoms. The molecule has 9 heteroatoms. The molecule has 0 aliphatic carbocycles. The molecule has 0 radical (unpaired) electrons. The minimum absolute atomic E-state index is 0.126. The minimum atomic E-state index is -0.580. The second-order valence-corrected chi connectivity index (χ2v) is 7.06. The van der Waals surface area contributed by atoms with Gasteiger partial charge in [0.25, 0.3) is 0 Å². The largest absolute Gasteiger partial charge is 0.338 e. The van der Waals surface area contributed by atoms with Crippen LogP contribution in [0.25, 0.3) is 5.65 Å². The molecule has 2 N–H and O–H groups in total. The first kappa shape index (κ1) is 18.2. The molecule has 0 saturated heterocycles. The summed E-state index contributed by atoms with van der Waals surface area (Å²) >= 11 is 5.98. The number of hydrogen-bond acceptors (Lipinski definition) is 4. The highest BCUT2D eigenvalue weighted by molar-refractivity contribution is 6.33. The van der Waals surface area contributed by atoms with Crippen molar-refractivity contribution in [1.82, 2.24) is 25.2 Å². The molecule has 3 amide bonds. The molecule has 1 aromatic carbocycles. The van der Waals surface area contributed by atoms with Gasteiger partial charge in [0.2, 0.25) is 5.91 Å². The molecule has 28 heavy (non-hydrogen) atoms. The van der Waals surface area contributed by atoms with Gasteiger partial charge in [-0.25, -0.2) is 14.3 Å². The smallest absolute Gasteiger partial charge is 0.315 e. The average Bonchev–Trinajstić information content (AvgIpc) is 3.06. The number of likely N-dealkylation sites (N-methyl/N-ethyl adjacent to an activating group) is 1. The maximum atomic E-state index is 12.5. The predicted octanol–water partition coefficient (Wildman–Crippen LogP) is 1.81. The molecule has 144 valence electrons. The number of urea groups is 1. The normalized spacial score (nSPS) is 16.1. The Morgan fingerprint density at radius 1 is 1.32 bits per heavy atom. The first-order valence-electron chi connectivity index (χ1n) is 8.90. The van der Waals surface area contributed by atoms with Gasteiger partial charge in [0, 0.05) is 38.1 Å². The van der Waals surface area contributed by atoms with Gasteiger partial charge in [0.15, 0.2) is 5.65 Å². The second kappa shape index (κ2) is 7.47. The summed E-state index contributed by atoms with van der Waals surface area (Å²) in [5, 5.41) is 10.2. The summed E-state index contributed by atoms with van der Waals surface area (Å²) in [7, 11) is 1.72. The van der Waals surface area contributed by atoms with Crippen molar-refractivity contribution in [2.45, 2.75) is 18.9 Å². The number of rotatable bonds is 4. The Hall–Kier alpha value is -3.13. The van der Waals surface area contributed by atoms with E-state index in [1.54, 1.807) is 22.7 Å². The Labute approximate surface area is 166 Å². The minimum Gasteiger partial charge on any atom is -0.338 e. The second-order valence-electron chi connectivity index (χ2n) is 6.66. The van der Waals surface area contributed by atoms with Gasteiger partial charge in [0.05, 0.1) is 6.20 Å². The number of para-hydroxylation sites is 1. The summed E-state index contributed by atoms with van der Waals surface area (Å²) in [6, 6.07) is 6.74. The highest BCUT2D eigenvalue weighted by Gasteiger charge is 2.31. The lowest BCUT2D eigenvalue weighted by molar-refractivity contribution is -0.120. The first-order valence-corrected chi connectivity index (χ1v) is 9.28. The van der Waals surface area contributed by atoms with Gasteiger partial charge in [-0.15, -0.1) is 0 Å². The quantitative estimate of drug-likeness (QED) is 0.701. The molecule has 1 unspecified atom stereocenters. The zero-order chi connectivity index (χ0) is 19.7. The van der Waals surface area contributed by atoms with Crippen molar-refractivity contribution in [3.05, 3.63) is 59.0 Å². The number of aromatic nitrogens is 3. The summed E-state index contributed by atoms with van der Waals surface area (Å²) in [6.45, 7) is 0.404. The molecule has 1 aliphatic rings. The van der Waals surface area contributed by atoms with Crippen LogP contribution in [0.1, 0.15) is 11.1 Å². The number of anilines is 1. The van der Waals surface area contributed by atoms with E-state index in [0.29, 0.717) is 30.1 Å². The van der Waals surface area contributed by atoms with Crippen molar-refractivity contribution < 1.29 is 9.59 Å². The molecule has 0 saturated carbocycles. The van der Waals surface area contributed by atoms with Crippen molar-refractivity contribution in [1.29, 1.82) is 0 Å². The fourth-order valence-corrected chi connectivity index (χ4v) is 3.51. The van der Waals surface area contributed by atoms with E-state index in [4.69, 9.17) is 11.6 Å². The number of nitrogens with zero attached hydrogens (tertiary/aromatic N) is 4. The Bertz CT molecular complexity index is 1050. The van der Waals surface area contributed by atoms with E-state index in [0.717, 1.165) is 16.8 Å². The molecule has 3 heterocycles. The van der Waals surface area contributed by atoms with Gasteiger partial charge in [-0.3, -0.25) is 4.79 Å². The van der Waals surface area contributed by atoms with Gasteiger partial charge >= 0.3 is 6.03 Å². The van der Waals surface area contributed by atoms with Crippen molar-refractivity contribution in [3.8, 4) is 0 Å². The maximum absolute atomic E-state index is 12.5. The van der Waals surface area contributed by atoms with Crippen molar-refractivity contribution >= 4 is 34.9 Å². The van der Waals surface area contributed by atoms with Crippen LogP contribution in [0.5, 0.6) is 0 Å². The van der Waals surface area contributed by atoms with E-state index >= 15 is 0 Å². The standard InChI is InChI=1S/C19H19ClN6O2/c1-25-16-5-3-2-4-13(16)8-15(18(25)27)24-19(28)21-7-6-12-9-22-17-14(20)10-23-26(17)11-12/h2-5,9-11,15H,6-8H2,1H3,(H2,21,24,28). The number of benzene rings is 1. The molecule has 3 aromatic rings. The van der Waals surface area contributed by atoms with Crippen LogP contribution >= 0.6 is 11.6 Å². The number of hydrogen-bond donors (Lipinski definition) is 2. The monoisotopic (exact) mass is 398 g/mol. The maximum Gasteiger partial charge on any atom is 0.315 e. The summed E-state index contributed by atoms with van der Waals surface area (Å²) in [5.74, 6) is -0.126. The summed E-state index contributed by atoms with van der Waals surface area (Å²) in [4.78, 5) is 30.6. The molecule has 2 aromatic heterocycles. The number of halogens is 1. The van der Waals surface area contributed by atoms with Gasteiger partial charge < -0.3 is 15.5 Å². The van der Waals surface area contributed by atoms with E-state index in [9.17, 15) is 9.59 Å². The van der Waals surface area contributed by atoms with Crippen LogP contribution in [0.3, 0.4) is 0 Å². The summed E-state index contributed by atoms with van der Waals surface area (Å²) in [5.41, 5.74) is 3.42. The zero-order valence-electron chi connectivity index (χ0n) is 15.2. The topological polar surface area (TPSA) is 91.6 Å². The van der Waals surface area contributed by atoms with Crippen molar-refractivity contribution in [3.63, 3.8) is 0 Å². The van der Waals surface area contributed by atoms with E-state index in [2.05, 4.69) is 20.7 Å². The number of nitrogens with one attached hydrogen (secondary N) is 2. The highest BCUT2D eigenvalue weighted by atomic mass is 35.5. The van der Waals surface area contributed by atoms with Crippen LogP contribution in [-0.2, 0) is 17.6 Å². The fraction of sp³-hybridized carbons (Fsp3) is 0.263. The molecule has 4 rings (SSSR count). The van der Waals surface area contributed by atoms with Gasteiger partial charge in [-0.05, 0) is 23.6 Å². The van der Waals surface area contributed by atoms with E-state index in [1.165, 1.54) is 6.20 Å². The Balaban J connectivity index is 1.32. The lowest BCUT2D eigenvalue weighted by atomic mass is 9.98. The number of carbonyl (C=O) groups is 2. The number of amides is 3. The Morgan fingerprint density at radius 2 is 2.14 bits per heavy atom. The van der Waals surface area contributed by atoms with Crippen LogP contribution in [0.15, 0.2) is 42.9 Å². The fourth-order valence-electron chi connectivity index (χ4n) is 3.33. The van der Waals surface area contributed by atoms with E-state index in [-0.39, 0.29) is 11.9 Å². The molecular formula is C19H19ClN6O2. The number of fused-ring (bicyclic) bond motifs is 2. The summed E-state index contributed by atoms with van der Waals surface area (Å²) < 4.78 is 1.60. The first-order chi connectivity index (χ1) is 13.5. The van der Waals surface area contributed by atoms with Crippen LogP contribution in [0.4, 0.5) is 10.5 Å². The molecular weight excluding hydrogens is 380 g/mol. The third-order valence-corrected chi connectivity index (χ3v) is 5.04. The van der Waals surface area contributed by atoms with Crippen LogP contribution < -0.4 is 15.5 Å². The van der Waals surface area contributed by atoms with Crippen molar-refractivity contribution in [2.24, 2.45) is 0 Å². The van der Waals surface area contributed by atoms with Crippen LogP contribution in [0, 0.1) is 0 Å². The lowest BCUT2D eigenvalue weighted by Gasteiger charge is -2.31. The highest BCUT2D eigenvalue weighted by Crippen LogP contribution is 2.26. The molecule has 1 aliphatic heterocycles. The molecule has 0 fully saturated rings. The molecule has 8 nitrogen and oxygen atoms in total. The van der Waals surface area contributed by atoms with Crippen LogP contribution in [0.2, 0.25) is 5.02 Å². The molecule has 0 spiro atoms. The zero-order valence-corrected chi connectivity index (χ0v) is 16.0. The number of carbonyl (C=O) groups excluding carboxylic acids is 2. The lowest BCUT2D eigenvalue weighted by Crippen LogP contribution is -2.54. The van der Waals surface area contributed by atoms with E-state index in [1.807, 2.05) is 30.5 Å². The van der Waals surface area contributed by atoms with Crippen molar-refractivity contribution in [2.75, 3.05) is 18.5 Å². The van der Waals surface area contributed by atoms with Gasteiger partial charge in [-0.1, -0.05) is 29.8 Å². The third-order valence-electron chi connectivity index (χ3n) is 4.78. The molecule has 1 atom stereocenters. The Kier molecular flexibility index (Phi) is 4.87. The summed E-state index contributed by atoms with van der Waals surface area (Å²) in [6.07, 6.45) is 6.13. The Morgan fingerprint density at radius 3 is 3.00 bits per heavy atom. The van der Waals surface area contributed by atoms with Crippen LogP contribution in [-0.4, -0.2) is 46.2 Å². The average molecular weight is 399 g/mol. The predicted molar refractivity (Wildman–Crippen MR) is 106 cm³/mol. The SMILES string of the molecule is CN1C(=O)C(NC(=O)NCCc2cnc3c(Cl)cnn3c2)Cc2ccccc21.